The molecule has 1 aliphatic rings. The molecule has 90 valence electrons. The van der Waals surface area contributed by atoms with Crippen molar-refractivity contribution in [1.82, 2.24) is 4.90 Å². The summed E-state index contributed by atoms with van der Waals surface area (Å²) in [7, 11) is 4.74. The first-order valence-corrected chi connectivity index (χ1v) is 7.20. The van der Waals surface area contributed by atoms with Crippen LogP contribution in [0.25, 0.3) is 0 Å². The van der Waals surface area contributed by atoms with Gasteiger partial charge in [0, 0.05) is 39.0 Å². The maximum atomic E-state index is 5.56. The van der Waals surface area contributed by atoms with Crippen LogP contribution < -0.4 is 0 Å². The van der Waals surface area contributed by atoms with Crippen molar-refractivity contribution in [2.75, 3.05) is 28.4 Å². The topological polar surface area (TPSA) is 30.9 Å². The number of hydrogen-bond acceptors (Lipinski definition) is 4. The third-order valence-corrected chi connectivity index (χ3v) is 7.16. The Morgan fingerprint density at radius 1 is 1.07 bits per heavy atom. The van der Waals surface area contributed by atoms with Gasteiger partial charge in [-0.05, 0) is 27.3 Å². The van der Waals surface area contributed by atoms with E-state index in [1.807, 2.05) is 0 Å². The van der Waals surface area contributed by atoms with Crippen molar-refractivity contribution < 1.29 is 13.3 Å². The van der Waals surface area contributed by atoms with E-state index in [0.717, 1.165) is 6.42 Å². The molecule has 3 atom stereocenters. The van der Waals surface area contributed by atoms with Crippen LogP contribution in [-0.4, -0.2) is 54.2 Å². The first kappa shape index (κ1) is 13.1. The monoisotopic (exact) mass is 233 g/mol. The largest absolute Gasteiger partial charge is 0.505 e. The van der Waals surface area contributed by atoms with Gasteiger partial charge in [-0.25, -0.2) is 0 Å². The zero-order valence-electron chi connectivity index (χ0n) is 10.6. The minimum atomic E-state index is -2.47. The molecule has 0 aromatic rings. The molecule has 1 aliphatic heterocycles. The van der Waals surface area contributed by atoms with Crippen LogP contribution in [0.1, 0.15) is 20.3 Å². The van der Waals surface area contributed by atoms with E-state index in [-0.39, 0.29) is 0 Å². The van der Waals surface area contributed by atoms with Gasteiger partial charge in [-0.1, -0.05) is 0 Å². The molecular weight excluding hydrogens is 210 g/mol. The van der Waals surface area contributed by atoms with Crippen LogP contribution in [0.3, 0.4) is 0 Å². The molecule has 0 aromatic carbocycles. The Morgan fingerprint density at radius 3 is 1.80 bits per heavy atom. The molecule has 0 bridgehead atoms. The SMILES string of the molecule is CO[Si](OC)(OC)C1CC(C)N(C)C1C. The van der Waals surface area contributed by atoms with E-state index in [0.29, 0.717) is 17.6 Å². The maximum absolute atomic E-state index is 5.56. The highest BCUT2D eigenvalue weighted by molar-refractivity contribution is 6.62. The lowest BCUT2D eigenvalue weighted by Gasteiger charge is -2.33. The lowest BCUT2D eigenvalue weighted by molar-refractivity contribution is 0.106. The molecule has 0 saturated carbocycles. The molecule has 0 N–H and O–H groups in total. The Morgan fingerprint density at radius 2 is 1.53 bits per heavy atom. The summed E-state index contributed by atoms with van der Waals surface area (Å²) in [5.74, 6) is 0. The summed E-state index contributed by atoms with van der Waals surface area (Å²) in [5.41, 5.74) is 0.373. The first-order valence-electron chi connectivity index (χ1n) is 5.39. The second-order valence-electron chi connectivity index (χ2n) is 4.31. The maximum Gasteiger partial charge on any atom is 0.505 e. The lowest BCUT2D eigenvalue weighted by atomic mass is 10.2. The molecule has 1 rings (SSSR count). The van der Waals surface area contributed by atoms with Gasteiger partial charge in [0.2, 0.25) is 0 Å². The van der Waals surface area contributed by atoms with Crippen LogP contribution >= 0.6 is 0 Å². The predicted octanol–water partition coefficient (Wildman–Crippen LogP) is 1.35. The molecule has 5 heteroatoms. The van der Waals surface area contributed by atoms with Gasteiger partial charge in [0.05, 0.1) is 0 Å². The molecular formula is C10H23NO3Si. The second-order valence-corrected chi connectivity index (χ2v) is 7.49. The fourth-order valence-electron chi connectivity index (χ4n) is 2.56. The van der Waals surface area contributed by atoms with Gasteiger partial charge in [-0.15, -0.1) is 0 Å². The van der Waals surface area contributed by atoms with E-state index >= 15 is 0 Å². The molecule has 0 aliphatic carbocycles. The summed E-state index contributed by atoms with van der Waals surface area (Å²) in [6.45, 7) is 4.45. The normalized spacial score (nSPS) is 33.6. The number of nitrogens with zero attached hydrogens (tertiary/aromatic N) is 1. The zero-order chi connectivity index (χ0) is 11.6. The summed E-state index contributed by atoms with van der Waals surface area (Å²) in [5, 5.41) is 0. The number of rotatable bonds is 4. The predicted molar refractivity (Wildman–Crippen MR) is 61.8 cm³/mol. The van der Waals surface area contributed by atoms with Crippen molar-refractivity contribution in [2.45, 2.75) is 37.9 Å². The molecule has 1 fully saturated rings. The Kier molecular flexibility index (Phi) is 4.31. The van der Waals surface area contributed by atoms with Gasteiger partial charge in [0.15, 0.2) is 0 Å². The van der Waals surface area contributed by atoms with E-state index in [2.05, 4.69) is 25.8 Å². The highest BCUT2D eigenvalue weighted by atomic mass is 28.4. The van der Waals surface area contributed by atoms with E-state index in [1.165, 1.54) is 0 Å². The van der Waals surface area contributed by atoms with E-state index in [4.69, 9.17) is 13.3 Å². The fraction of sp³-hybridized carbons (Fsp3) is 1.00. The molecule has 1 saturated heterocycles. The highest BCUT2D eigenvalue weighted by Crippen LogP contribution is 2.40. The van der Waals surface area contributed by atoms with Crippen LogP contribution in [0.4, 0.5) is 0 Å². The van der Waals surface area contributed by atoms with Crippen LogP contribution in [-0.2, 0) is 13.3 Å². The van der Waals surface area contributed by atoms with Crippen molar-refractivity contribution >= 4 is 8.80 Å². The Bertz CT molecular complexity index is 203. The molecule has 4 nitrogen and oxygen atoms in total. The second kappa shape index (κ2) is 4.93. The molecule has 0 amide bonds. The highest BCUT2D eigenvalue weighted by Gasteiger charge is 2.54. The molecule has 0 spiro atoms. The van der Waals surface area contributed by atoms with Gasteiger partial charge >= 0.3 is 8.80 Å². The van der Waals surface area contributed by atoms with Gasteiger partial charge in [0.1, 0.15) is 0 Å². The third kappa shape index (κ3) is 2.12. The Labute approximate surface area is 93.9 Å². The van der Waals surface area contributed by atoms with Crippen molar-refractivity contribution in [2.24, 2.45) is 0 Å². The van der Waals surface area contributed by atoms with Gasteiger partial charge in [-0.3, -0.25) is 0 Å². The Hall–Kier alpha value is 0.0569. The molecule has 3 unspecified atom stereocenters. The molecule has 0 aromatic heterocycles. The van der Waals surface area contributed by atoms with Crippen LogP contribution in [0.2, 0.25) is 5.54 Å². The summed E-state index contributed by atoms with van der Waals surface area (Å²) in [6, 6.07) is 1.02. The standard InChI is InChI=1S/C10H23NO3Si/c1-8-7-10(9(2)11(8)3)15(12-4,13-5)14-6/h8-10H,7H2,1-6H3. The van der Waals surface area contributed by atoms with Crippen molar-refractivity contribution in [3.63, 3.8) is 0 Å². The average Bonchev–Trinajstić information content (AvgIpc) is 2.51. The Balaban J connectivity index is 2.86. The van der Waals surface area contributed by atoms with Crippen LogP contribution in [0.15, 0.2) is 0 Å². The van der Waals surface area contributed by atoms with Gasteiger partial charge in [0.25, 0.3) is 0 Å². The molecule has 15 heavy (non-hydrogen) atoms. The molecule has 1 heterocycles. The first-order chi connectivity index (χ1) is 7.02. The van der Waals surface area contributed by atoms with E-state index < -0.39 is 8.80 Å². The third-order valence-electron chi connectivity index (χ3n) is 3.82. The summed E-state index contributed by atoms with van der Waals surface area (Å²) in [6.07, 6.45) is 1.08. The summed E-state index contributed by atoms with van der Waals surface area (Å²) in [4.78, 5) is 2.36. The summed E-state index contributed by atoms with van der Waals surface area (Å²) < 4.78 is 16.7. The lowest BCUT2D eigenvalue weighted by Crippen LogP contribution is -2.50. The van der Waals surface area contributed by atoms with Crippen LogP contribution in [0, 0.1) is 0 Å². The van der Waals surface area contributed by atoms with E-state index in [9.17, 15) is 0 Å². The van der Waals surface area contributed by atoms with Crippen molar-refractivity contribution in [1.29, 1.82) is 0 Å². The smallest absolute Gasteiger partial charge is 0.377 e. The fourth-order valence-corrected chi connectivity index (χ4v) is 5.42. The van der Waals surface area contributed by atoms with Crippen LogP contribution in [0.5, 0.6) is 0 Å². The average molecular weight is 233 g/mol. The minimum absolute atomic E-state index is 0.373. The van der Waals surface area contributed by atoms with E-state index in [1.54, 1.807) is 21.3 Å². The summed E-state index contributed by atoms with van der Waals surface area (Å²) >= 11 is 0. The van der Waals surface area contributed by atoms with Crippen molar-refractivity contribution in [3.8, 4) is 0 Å². The van der Waals surface area contributed by atoms with Gasteiger partial charge in [-0.2, -0.15) is 0 Å². The number of hydrogen-bond donors (Lipinski definition) is 0. The number of likely N-dealkylation sites (tertiary alicyclic amines) is 1. The zero-order valence-corrected chi connectivity index (χ0v) is 11.6. The molecule has 0 radical (unpaired) electrons. The van der Waals surface area contributed by atoms with Crippen molar-refractivity contribution in [3.05, 3.63) is 0 Å². The minimum Gasteiger partial charge on any atom is -0.377 e. The van der Waals surface area contributed by atoms with Gasteiger partial charge < -0.3 is 18.2 Å². The quantitative estimate of drug-likeness (QED) is 0.686.